The maximum atomic E-state index is 11.0. The molecule has 1 aromatic rings. The molecule has 0 aliphatic heterocycles. The average molecular weight is 245 g/mol. The molecule has 1 rings (SSSR count). The lowest BCUT2D eigenvalue weighted by Crippen LogP contribution is -2.21. The second-order valence-corrected chi connectivity index (χ2v) is 3.09. The van der Waals surface area contributed by atoms with Gasteiger partial charge in [0.25, 0.3) is 0 Å². The standard InChI is InChI=1S/C11H16N2O2.ClH/c1-2-15-8-9-3-5-10(6-4-9)13-11(14)7-12;/h3-6H,2,7-8,12H2,1H3,(H,13,14);1H. The van der Waals surface area contributed by atoms with Crippen LogP contribution in [-0.4, -0.2) is 19.1 Å². The van der Waals surface area contributed by atoms with Crippen LogP contribution in [0.3, 0.4) is 0 Å². The molecule has 0 unspecified atom stereocenters. The maximum Gasteiger partial charge on any atom is 0.238 e. The molecule has 0 spiro atoms. The zero-order valence-electron chi connectivity index (χ0n) is 9.23. The summed E-state index contributed by atoms with van der Waals surface area (Å²) in [5.41, 5.74) is 7.02. The van der Waals surface area contributed by atoms with Crippen LogP contribution in [0.1, 0.15) is 12.5 Å². The van der Waals surface area contributed by atoms with Crippen molar-refractivity contribution in [3.63, 3.8) is 0 Å². The third-order valence-electron chi connectivity index (χ3n) is 1.90. The van der Waals surface area contributed by atoms with E-state index in [0.717, 1.165) is 11.3 Å². The van der Waals surface area contributed by atoms with Gasteiger partial charge in [0, 0.05) is 12.3 Å². The van der Waals surface area contributed by atoms with Gasteiger partial charge in [-0.15, -0.1) is 12.4 Å². The van der Waals surface area contributed by atoms with Crippen LogP contribution in [-0.2, 0) is 16.1 Å². The normalized spacial score (nSPS) is 9.38. The van der Waals surface area contributed by atoms with Gasteiger partial charge >= 0.3 is 0 Å². The highest BCUT2D eigenvalue weighted by molar-refractivity contribution is 5.92. The van der Waals surface area contributed by atoms with Gasteiger partial charge in [-0.2, -0.15) is 0 Å². The molecular weight excluding hydrogens is 228 g/mol. The van der Waals surface area contributed by atoms with E-state index in [9.17, 15) is 4.79 Å². The van der Waals surface area contributed by atoms with E-state index in [0.29, 0.717) is 13.2 Å². The summed E-state index contributed by atoms with van der Waals surface area (Å²) >= 11 is 0. The lowest BCUT2D eigenvalue weighted by Gasteiger charge is -2.05. The molecule has 0 radical (unpaired) electrons. The van der Waals surface area contributed by atoms with E-state index in [1.807, 2.05) is 31.2 Å². The van der Waals surface area contributed by atoms with Crippen LogP contribution in [0.5, 0.6) is 0 Å². The van der Waals surface area contributed by atoms with E-state index < -0.39 is 0 Å². The topological polar surface area (TPSA) is 64.3 Å². The van der Waals surface area contributed by atoms with Gasteiger partial charge in [0.2, 0.25) is 5.91 Å². The number of nitrogens with one attached hydrogen (secondary N) is 1. The number of carbonyl (C=O) groups is 1. The highest BCUT2D eigenvalue weighted by Crippen LogP contribution is 2.10. The summed E-state index contributed by atoms with van der Waals surface area (Å²) < 4.78 is 5.25. The van der Waals surface area contributed by atoms with Gasteiger partial charge in [-0.25, -0.2) is 0 Å². The fraction of sp³-hybridized carbons (Fsp3) is 0.364. The molecule has 5 heteroatoms. The number of amides is 1. The number of hydrogen-bond acceptors (Lipinski definition) is 3. The van der Waals surface area contributed by atoms with Gasteiger partial charge < -0.3 is 15.8 Å². The van der Waals surface area contributed by atoms with E-state index in [1.54, 1.807) is 0 Å². The van der Waals surface area contributed by atoms with Gasteiger partial charge in [-0.05, 0) is 24.6 Å². The lowest BCUT2D eigenvalue weighted by molar-refractivity contribution is -0.114. The Bertz CT molecular complexity index is 314. The Morgan fingerprint density at radius 3 is 2.50 bits per heavy atom. The van der Waals surface area contributed by atoms with E-state index in [4.69, 9.17) is 10.5 Å². The zero-order valence-corrected chi connectivity index (χ0v) is 10.0. The number of halogens is 1. The Hall–Kier alpha value is -1.10. The first-order valence-electron chi connectivity index (χ1n) is 4.93. The minimum absolute atomic E-state index is 0. The van der Waals surface area contributed by atoms with Crippen LogP contribution in [0.4, 0.5) is 5.69 Å². The molecule has 0 heterocycles. The third kappa shape index (κ3) is 5.11. The molecule has 4 nitrogen and oxygen atoms in total. The van der Waals surface area contributed by atoms with Crippen LogP contribution in [0.2, 0.25) is 0 Å². The van der Waals surface area contributed by atoms with Crippen molar-refractivity contribution in [2.24, 2.45) is 5.73 Å². The SMILES string of the molecule is CCOCc1ccc(NC(=O)CN)cc1.Cl. The van der Waals surface area contributed by atoms with Crippen molar-refractivity contribution in [1.29, 1.82) is 0 Å². The Balaban J connectivity index is 0.00000225. The van der Waals surface area contributed by atoms with Gasteiger partial charge in [0.1, 0.15) is 0 Å². The number of ether oxygens (including phenoxy) is 1. The first kappa shape index (κ1) is 14.9. The zero-order chi connectivity index (χ0) is 11.1. The van der Waals surface area contributed by atoms with Crippen molar-refractivity contribution in [2.45, 2.75) is 13.5 Å². The van der Waals surface area contributed by atoms with Crippen molar-refractivity contribution >= 4 is 24.0 Å². The minimum atomic E-state index is -0.187. The molecule has 0 aliphatic rings. The van der Waals surface area contributed by atoms with Gasteiger partial charge in [0.05, 0.1) is 13.2 Å². The number of anilines is 1. The Labute approximate surface area is 102 Å². The van der Waals surface area contributed by atoms with Gasteiger partial charge in [-0.1, -0.05) is 12.1 Å². The molecular formula is C11H17ClN2O2. The van der Waals surface area contributed by atoms with Crippen LogP contribution in [0.25, 0.3) is 0 Å². The molecule has 3 N–H and O–H groups in total. The van der Waals surface area contributed by atoms with Crippen molar-refractivity contribution in [3.05, 3.63) is 29.8 Å². The number of carbonyl (C=O) groups excluding carboxylic acids is 1. The predicted molar refractivity (Wildman–Crippen MR) is 66.7 cm³/mol. The quantitative estimate of drug-likeness (QED) is 0.826. The molecule has 0 bridgehead atoms. The second-order valence-electron chi connectivity index (χ2n) is 3.09. The predicted octanol–water partition coefficient (Wildman–Crippen LogP) is 1.54. The van der Waals surface area contributed by atoms with Crippen molar-refractivity contribution in [2.75, 3.05) is 18.5 Å². The van der Waals surface area contributed by atoms with Crippen LogP contribution in [0.15, 0.2) is 24.3 Å². The molecule has 0 aromatic heterocycles. The molecule has 0 fully saturated rings. The molecule has 16 heavy (non-hydrogen) atoms. The maximum absolute atomic E-state index is 11.0. The monoisotopic (exact) mass is 244 g/mol. The van der Waals surface area contributed by atoms with Crippen molar-refractivity contribution < 1.29 is 9.53 Å². The lowest BCUT2D eigenvalue weighted by atomic mass is 10.2. The van der Waals surface area contributed by atoms with E-state index in [2.05, 4.69) is 5.32 Å². The summed E-state index contributed by atoms with van der Waals surface area (Å²) in [5, 5.41) is 2.67. The van der Waals surface area contributed by atoms with Crippen molar-refractivity contribution in [1.82, 2.24) is 0 Å². The third-order valence-corrected chi connectivity index (χ3v) is 1.90. The Kier molecular flexibility index (Phi) is 7.54. The highest BCUT2D eigenvalue weighted by atomic mass is 35.5. The molecule has 90 valence electrons. The summed E-state index contributed by atoms with van der Waals surface area (Å²) in [6.07, 6.45) is 0. The van der Waals surface area contributed by atoms with Crippen LogP contribution in [0, 0.1) is 0 Å². The number of rotatable bonds is 5. The summed E-state index contributed by atoms with van der Waals surface area (Å²) in [6, 6.07) is 7.51. The van der Waals surface area contributed by atoms with E-state index >= 15 is 0 Å². The summed E-state index contributed by atoms with van der Waals surface area (Å²) in [7, 11) is 0. The number of hydrogen-bond donors (Lipinski definition) is 2. The molecule has 0 atom stereocenters. The van der Waals surface area contributed by atoms with Crippen LogP contribution < -0.4 is 11.1 Å². The van der Waals surface area contributed by atoms with Crippen molar-refractivity contribution in [3.8, 4) is 0 Å². The van der Waals surface area contributed by atoms with Crippen LogP contribution >= 0.6 is 12.4 Å². The minimum Gasteiger partial charge on any atom is -0.377 e. The number of nitrogens with two attached hydrogens (primary N) is 1. The molecule has 0 saturated carbocycles. The molecule has 1 amide bonds. The summed E-state index contributed by atoms with van der Waals surface area (Å²) in [6.45, 7) is 3.25. The smallest absolute Gasteiger partial charge is 0.238 e. The second kappa shape index (κ2) is 8.10. The molecule has 1 aromatic carbocycles. The molecule has 0 aliphatic carbocycles. The first-order chi connectivity index (χ1) is 7.26. The van der Waals surface area contributed by atoms with Gasteiger partial charge in [0.15, 0.2) is 0 Å². The molecule has 0 saturated heterocycles. The highest BCUT2D eigenvalue weighted by Gasteiger charge is 1.98. The fourth-order valence-corrected chi connectivity index (χ4v) is 1.12. The summed E-state index contributed by atoms with van der Waals surface area (Å²) in [5.74, 6) is -0.187. The Morgan fingerprint density at radius 2 is 2.00 bits per heavy atom. The largest absolute Gasteiger partial charge is 0.377 e. The number of benzene rings is 1. The average Bonchev–Trinajstić information content (AvgIpc) is 2.28. The first-order valence-corrected chi connectivity index (χ1v) is 4.93. The van der Waals surface area contributed by atoms with Gasteiger partial charge in [-0.3, -0.25) is 4.79 Å². The Morgan fingerprint density at radius 1 is 1.38 bits per heavy atom. The van der Waals surface area contributed by atoms with E-state index in [1.165, 1.54) is 0 Å². The fourth-order valence-electron chi connectivity index (χ4n) is 1.12. The summed E-state index contributed by atoms with van der Waals surface area (Å²) in [4.78, 5) is 11.0. The van der Waals surface area contributed by atoms with E-state index in [-0.39, 0.29) is 24.9 Å².